The minimum Gasteiger partial charge on any atom is -0.396 e. The van der Waals surface area contributed by atoms with Gasteiger partial charge in [-0.3, -0.25) is 4.40 Å². The lowest BCUT2D eigenvalue weighted by Crippen LogP contribution is -1.95. The Bertz CT molecular complexity index is 741. The van der Waals surface area contributed by atoms with Crippen LogP contribution in [-0.4, -0.2) is 14.6 Å². The van der Waals surface area contributed by atoms with E-state index in [2.05, 4.69) is 10.2 Å². The number of pyridine rings is 1. The summed E-state index contributed by atoms with van der Waals surface area (Å²) in [6, 6.07) is 12.0. The molecule has 19 heavy (non-hydrogen) atoms. The van der Waals surface area contributed by atoms with Gasteiger partial charge >= 0.3 is 0 Å². The summed E-state index contributed by atoms with van der Waals surface area (Å²) in [4.78, 5) is 0. The molecule has 3 aromatic rings. The number of benzene rings is 1. The monoisotopic (exact) mass is 250 g/mol. The molecule has 0 bridgehead atoms. The first-order valence-corrected chi connectivity index (χ1v) is 6.08. The molecular formula is C15H14N4. The topological polar surface area (TPSA) is 56.2 Å². The number of nitrogens with two attached hydrogens (primary N) is 1. The Morgan fingerprint density at radius 1 is 1.11 bits per heavy atom. The number of nitrogens with zero attached hydrogens (tertiary/aromatic N) is 3. The first-order chi connectivity index (χ1) is 9.24. The van der Waals surface area contributed by atoms with Gasteiger partial charge < -0.3 is 5.73 Å². The van der Waals surface area contributed by atoms with Crippen molar-refractivity contribution in [1.82, 2.24) is 14.6 Å². The van der Waals surface area contributed by atoms with Crippen LogP contribution in [0.5, 0.6) is 0 Å². The van der Waals surface area contributed by atoms with E-state index in [9.17, 15) is 0 Å². The summed E-state index contributed by atoms with van der Waals surface area (Å²) in [5, 5.41) is 8.27. The molecule has 0 fully saturated rings. The van der Waals surface area contributed by atoms with Crippen LogP contribution in [0.3, 0.4) is 0 Å². The van der Waals surface area contributed by atoms with Gasteiger partial charge in [0, 0.05) is 6.20 Å². The Morgan fingerprint density at radius 2 is 1.89 bits per heavy atom. The van der Waals surface area contributed by atoms with Crippen LogP contribution in [0.15, 0.2) is 42.6 Å². The van der Waals surface area contributed by atoms with Crippen molar-refractivity contribution in [2.24, 2.45) is 0 Å². The number of hydrogen-bond acceptors (Lipinski definition) is 3. The molecule has 0 unspecified atom stereocenters. The molecule has 0 aliphatic rings. The maximum absolute atomic E-state index is 5.93. The predicted octanol–water partition coefficient (Wildman–Crippen LogP) is 2.79. The van der Waals surface area contributed by atoms with Crippen LogP contribution in [0.25, 0.3) is 17.8 Å². The molecule has 4 nitrogen and oxygen atoms in total. The lowest BCUT2D eigenvalue weighted by molar-refractivity contribution is 1.07. The van der Waals surface area contributed by atoms with E-state index in [0.29, 0.717) is 11.3 Å². The summed E-state index contributed by atoms with van der Waals surface area (Å²) < 4.78 is 1.91. The van der Waals surface area contributed by atoms with Gasteiger partial charge in [-0.2, -0.15) is 0 Å². The summed E-state index contributed by atoms with van der Waals surface area (Å²) in [6.07, 6.45) is 5.93. The molecule has 2 aromatic heterocycles. The van der Waals surface area contributed by atoms with Gasteiger partial charge in [-0.1, -0.05) is 36.4 Å². The molecular weight excluding hydrogens is 236 g/mol. The molecule has 0 atom stereocenters. The van der Waals surface area contributed by atoms with Crippen molar-refractivity contribution < 1.29 is 0 Å². The van der Waals surface area contributed by atoms with Crippen LogP contribution in [0.2, 0.25) is 0 Å². The molecule has 0 saturated carbocycles. The zero-order valence-corrected chi connectivity index (χ0v) is 10.6. The van der Waals surface area contributed by atoms with E-state index >= 15 is 0 Å². The number of aryl methyl sites for hydroxylation is 1. The van der Waals surface area contributed by atoms with E-state index in [1.165, 1.54) is 0 Å². The van der Waals surface area contributed by atoms with E-state index in [1.54, 1.807) is 0 Å². The third-order valence-electron chi connectivity index (χ3n) is 2.92. The Hall–Kier alpha value is -2.62. The number of rotatable bonds is 2. The number of anilines is 1. The molecule has 0 saturated heterocycles. The summed E-state index contributed by atoms with van der Waals surface area (Å²) in [5.74, 6) is 0.772. The van der Waals surface area contributed by atoms with Gasteiger partial charge in [0.1, 0.15) is 0 Å². The number of fused-ring (bicyclic) bond motifs is 1. The van der Waals surface area contributed by atoms with Crippen LogP contribution in [0.4, 0.5) is 5.69 Å². The van der Waals surface area contributed by atoms with Gasteiger partial charge in [-0.25, -0.2) is 0 Å². The Kier molecular flexibility index (Phi) is 2.76. The van der Waals surface area contributed by atoms with E-state index in [1.807, 2.05) is 66.1 Å². The zero-order valence-electron chi connectivity index (χ0n) is 10.6. The zero-order chi connectivity index (χ0) is 13.2. The summed E-state index contributed by atoms with van der Waals surface area (Å²) in [6.45, 7) is 2.00. The third kappa shape index (κ3) is 2.20. The first-order valence-electron chi connectivity index (χ1n) is 6.08. The van der Waals surface area contributed by atoms with Crippen LogP contribution >= 0.6 is 0 Å². The van der Waals surface area contributed by atoms with E-state index in [4.69, 9.17) is 5.73 Å². The molecule has 0 aliphatic heterocycles. The highest BCUT2D eigenvalue weighted by atomic mass is 15.2. The smallest absolute Gasteiger partial charge is 0.184 e. The molecule has 0 aliphatic carbocycles. The highest BCUT2D eigenvalue weighted by molar-refractivity contribution is 5.71. The maximum Gasteiger partial charge on any atom is 0.184 e. The lowest BCUT2D eigenvalue weighted by atomic mass is 10.2. The SMILES string of the molecule is Cc1cc(N)c2nnc(/C=C/c3ccccc3)n2c1. The molecule has 2 heterocycles. The highest BCUT2D eigenvalue weighted by Gasteiger charge is 2.05. The second kappa shape index (κ2) is 4.57. The first kappa shape index (κ1) is 11.5. The van der Waals surface area contributed by atoms with Crippen LogP contribution in [0.1, 0.15) is 17.0 Å². The minimum absolute atomic E-state index is 0.645. The quantitative estimate of drug-likeness (QED) is 0.760. The number of hydrogen-bond donors (Lipinski definition) is 1. The molecule has 94 valence electrons. The average Bonchev–Trinajstić information content (AvgIpc) is 2.81. The maximum atomic E-state index is 5.93. The Labute approximate surface area is 111 Å². The van der Waals surface area contributed by atoms with Gasteiger partial charge in [0.15, 0.2) is 11.5 Å². The Morgan fingerprint density at radius 3 is 2.68 bits per heavy atom. The molecule has 0 radical (unpaired) electrons. The lowest BCUT2D eigenvalue weighted by Gasteiger charge is -2.00. The van der Waals surface area contributed by atoms with E-state index in [0.717, 1.165) is 17.0 Å². The summed E-state index contributed by atoms with van der Waals surface area (Å²) in [5.41, 5.74) is 9.48. The van der Waals surface area contributed by atoms with Crippen LogP contribution in [-0.2, 0) is 0 Å². The van der Waals surface area contributed by atoms with Gasteiger partial charge in [0.05, 0.1) is 5.69 Å². The van der Waals surface area contributed by atoms with E-state index in [-0.39, 0.29) is 0 Å². The van der Waals surface area contributed by atoms with Gasteiger partial charge in [0.25, 0.3) is 0 Å². The van der Waals surface area contributed by atoms with Crippen molar-refractivity contribution in [3.63, 3.8) is 0 Å². The van der Waals surface area contributed by atoms with Crippen molar-refractivity contribution >= 4 is 23.5 Å². The largest absolute Gasteiger partial charge is 0.396 e. The van der Waals surface area contributed by atoms with Crippen molar-refractivity contribution in [1.29, 1.82) is 0 Å². The van der Waals surface area contributed by atoms with Crippen molar-refractivity contribution in [2.45, 2.75) is 6.92 Å². The third-order valence-corrected chi connectivity index (χ3v) is 2.92. The standard InChI is InChI=1S/C15H14N4/c1-11-9-13(16)15-18-17-14(19(15)10-11)8-7-12-5-3-2-4-6-12/h2-10H,16H2,1H3/b8-7+. The van der Waals surface area contributed by atoms with Gasteiger partial charge in [0.2, 0.25) is 0 Å². The van der Waals surface area contributed by atoms with E-state index < -0.39 is 0 Å². The normalized spacial score (nSPS) is 11.4. The number of aromatic nitrogens is 3. The predicted molar refractivity (Wildman–Crippen MR) is 77.5 cm³/mol. The fourth-order valence-electron chi connectivity index (χ4n) is 2.03. The van der Waals surface area contributed by atoms with Crippen molar-refractivity contribution in [2.75, 3.05) is 5.73 Å². The van der Waals surface area contributed by atoms with Crippen molar-refractivity contribution in [3.8, 4) is 0 Å². The van der Waals surface area contributed by atoms with Gasteiger partial charge in [-0.15, -0.1) is 10.2 Å². The Balaban J connectivity index is 2.04. The highest BCUT2D eigenvalue weighted by Crippen LogP contribution is 2.16. The van der Waals surface area contributed by atoms with Crippen molar-refractivity contribution in [3.05, 3.63) is 59.5 Å². The second-order valence-electron chi connectivity index (χ2n) is 4.47. The molecule has 3 rings (SSSR count). The fraction of sp³-hybridized carbons (Fsp3) is 0.0667. The fourth-order valence-corrected chi connectivity index (χ4v) is 2.03. The molecule has 0 spiro atoms. The molecule has 2 N–H and O–H groups in total. The summed E-state index contributed by atoms with van der Waals surface area (Å²) in [7, 11) is 0. The minimum atomic E-state index is 0.645. The molecule has 0 amide bonds. The summed E-state index contributed by atoms with van der Waals surface area (Å²) >= 11 is 0. The molecule has 4 heteroatoms. The number of nitrogen functional groups attached to an aromatic ring is 1. The van der Waals surface area contributed by atoms with Crippen LogP contribution in [0, 0.1) is 6.92 Å². The van der Waals surface area contributed by atoms with Gasteiger partial charge in [-0.05, 0) is 30.2 Å². The molecule has 1 aromatic carbocycles. The second-order valence-corrected chi connectivity index (χ2v) is 4.47. The average molecular weight is 250 g/mol. The van der Waals surface area contributed by atoms with Crippen LogP contribution < -0.4 is 5.73 Å².